The molecule has 2 aliphatic heterocycles. The van der Waals surface area contributed by atoms with Gasteiger partial charge in [0.25, 0.3) is 0 Å². The van der Waals surface area contributed by atoms with Gasteiger partial charge in [-0.25, -0.2) is 4.39 Å². The molecule has 1 N–H and O–H groups in total. The maximum atomic E-state index is 13.8. The molecule has 1 amide bonds. The molecule has 0 bridgehead atoms. The molecule has 5 nitrogen and oxygen atoms in total. The summed E-state index contributed by atoms with van der Waals surface area (Å²) in [6.45, 7) is 3.67. The Morgan fingerprint density at radius 2 is 2.26 bits per heavy atom. The van der Waals surface area contributed by atoms with Crippen molar-refractivity contribution in [2.24, 2.45) is 11.8 Å². The van der Waals surface area contributed by atoms with Crippen LogP contribution >= 0.6 is 0 Å². The Balaban J connectivity index is 1.52. The van der Waals surface area contributed by atoms with Crippen LogP contribution in [-0.2, 0) is 20.8 Å². The van der Waals surface area contributed by atoms with E-state index in [1.807, 2.05) is 12.1 Å². The van der Waals surface area contributed by atoms with Crippen LogP contribution < -0.4 is 5.32 Å². The molecule has 2 aliphatic rings. The average molecular weight is 322 g/mol. The Kier molecular flexibility index (Phi) is 5.25. The first-order valence-corrected chi connectivity index (χ1v) is 8.00. The number of likely N-dealkylation sites (tertiary alicyclic amines) is 1. The number of hydrogen-bond acceptors (Lipinski definition) is 4. The molecular formula is C17H23FN2O3. The number of methoxy groups -OCH3 is 1. The summed E-state index contributed by atoms with van der Waals surface area (Å²) in [6.07, 6.45) is 0.186. The summed E-state index contributed by atoms with van der Waals surface area (Å²) in [5.41, 5.74) is 0.720. The highest BCUT2D eigenvalue weighted by molar-refractivity contribution is 5.77. The first-order chi connectivity index (χ1) is 11.2. The Hall–Kier alpha value is -1.50. The van der Waals surface area contributed by atoms with E-state index in [4.69, 9.17) is 9.47 Å². The third-order valence-corrected chi connectivity index (χ3v) is 4.70. The van der Waals surface area contributed by atoms with Gasteiger partial charge in [0, 0.05) is 50.7 Å². The summed E-state index contributed by atoms with van der Waals surface area (Å²) >= 11 is 0. The number of carbonyl (C=O) groups excluding carboxylic acids is 1. The number of rotatable bonds is 6. The normalized spacial score (nSPS) is 27.1. The fourth-order valence-corrected chi connectivity index (χ4v) is 3.51. The molecule has 0 spiro atoms. The quantitative estimate of drug-likeness (QED) is 0.850. The molecule has 0 radical (unpaired) electrons. The maximum absolute atomic E-state index is 13.8. The molecule has 126 valence electrons. The van der Waals surface area contributed by atoms with E-state index in [1.54, 1.807) is 6.07 Å². The first kappa shape index (κ1) is 16.4. The molecule has 0 aliphatic carbocycles. The van der Waals surface area contributed by atoms with Crippen molar-refractivity contribution in [3.05, 3.63) is 35.6 Å². The molecule has 6 heteroatoms. The Bertz CT molecular complexity index is 554. The third kappa shape index (κ3) is 3.88. The predicted molar refractivity (Wildman–Crippen MR) is 83.3 cm³/mol. The van der Waals surface area contributed by atoms with Crippen LogP contribution in [0.15, 0.2) is 24.3 Å². The van der Waals surface area contributed by atoms with Crippen molar-refractivity contribution in [1.82, 2.24) is 10.2 Å². The van der Waals surface area contributed by atoms with E-state index in [-0.39, 0.29) is 24.4 Å². The van der Waals surface area contributed by atoms with E-state index in [0.717, 1.165) is 18.7 Å². The molecule has 0 aromatic heterocycles. The number of nitrogens with one attached hydrogen (secondary N) is 1. The van der Waals surface area contributed by atoms with Gasteiger partial charge in [-0.15, -0.1) is 0 Å². The minimum atomic E-state index is -0.158. The molecule has 2 saturated heterocycles. The first-order valence-electron chi connectivity index (χ1n) is 8.00. The second-order valence-electron chi connectivity index (χ2n) is 6.32. The van der Waals surface area contributed by atoms with E-state index in [1.165, 1.54) is 13.2 Å². The van der Waals surface area contributed by atoms with Crippen molar-refractivity contribution in [1.29, 1.82) is 0 Å². The molecule has 3 rings (SSSR count). The molecule has 1 aromatic carbocycles. The van der Waals surface area contributed by atoms with E-state index < -0.39 is 0 Å². The van der Waals surface area contributed by atoms with Gasteiger partial charge in [-0.1, -0.05) is 18.2 Å². The van der Waals surface area contributed by atoms with Crippen molar-refractivity contribution in [2.75, 3.05) is 40.0 Å². The average Bonchev–Trinajstić information content (AvgIpc) is 3.08. The highest BCUT2D eigenvalue weighted by Gasteiger charge is 2.43. The minimum Gasteiger partial charge on any atom is -0.376 e. The molecule has 3 atom stereocenters. The van der Waals surface area contributed by atoms with Gasteiger partial charge in [0.05, 0.1) is 12.7 Å². The van der Waals surface area contributed by atoms with Crippen LogP contribution in [0.3, 0.4) is 0 Å². The second kappa shape index (κ2) is 7.38. The molecule has 0 saturated carbocycles. The van der Waals surface area contributed by atoms with Crippen LogP contribution in [0, 0.1) is 17.7 Å². The van der Waals surface area contributed by atoms with Gasteiger partial charge in [0.15, 0.2) is 0 Å². The molecule has 2 fully saturated rings. The summed E-state index contributed by atoms with van der Waals surface area (Å²) in [6, 6.07) is 6.89. The van der Waals surface area contributed by atoms with Crippen LogP contribution in [0.4, 0.5) is 4.39 Å². The second-order valence-corrected chi connectivity index (χ2v) is 6.32. The van der Waals surface area contributed by atoms with E-state index in [0.29, 0.717) is 31.5 Å². The SMILES string of the molecule is COCC(=O)NC[C@H]1CO[C@@H]2CN(Cc3ccccc3F)C[C@H]12. The summed E-state index contributed by atoms with van der Waals surface area (Å²) in [5.74, 6) is 0.446. The van der Waals surface area contributed by atoms with Crippen molar-refractivity contribution >= 4 is 5.91 Å². The zero-order chi connectivity index (χ0) is 16.2. The highest BCUT2D eigenvalue weighted by atomic mass is 19.1. The molecule has 2 heterocycles. The van der Waals surface area contributed by atoms with Gasteiger partial charge >= 0.3 is 0 Å². The molecular weight excluding hydrogens is 299 g/mol. The fourth-order valence-electron chi connectivity index (χ4n) is 3.51. The van der Waals surface area contributed by atoms with Crippen molar-refractivity contribution in [2.45, 2.75) is 12.6 Å². The summed E-state index contributed by atoms with van der Waals surface area (Å²) < 4.78 is 24.4. The van der Waals surface area contributed by atoms with E-state index in [2.05, 4.69) is 10.2 Å². The van der Waals surface area contributed by atoms with Crippen LogP contribution in [0.1, 0.15) is 5.56 Å². The minimum absolute atomic E-state index is 0.0844. The lowest BCUT2D eigenvalue weighted by Crippen LogP contribution is -2.35. The number of fused-ring (bicyclic) bond motifs is 1. The topological polar surface area (TPSA) is 50.8 Å². The van der Waals surface area contributed by atoms with Gasteiger partial charge in [0.2, 0.25) is 5.91 Å². The van der Waals surface area contributed by atoms with Crippen molar-refractivity contribution in [3.8, 4) is 0 Å². The number of benzene rings is 1. The number of nitrogens with zero attached hydrogens (tertiary/aromatic N) is 1. The Morgan fingerprint density at radius 3 is 3.04 bits per heavy atom. The number of halogens is 1. The van der Waals surface area contributed by atoms with Gasteiger partial charge < -0.3 is 14.8 Å². The number of hydrogen-bond donors (Lipinski definition) is 1. The standard InChI is InChI=1S/C17H23FN2O3/c1-22-11-17(21)19-6-13-10-23-16-9-20(8-14(13)16)7-12-4-2-3-5-15(12)18/h2-5,13-14,16H,6-11H2,1H3,(H,19,21)/t13-,14+,16+/m0/s1. The lowest BCUT2D eigenvalue weighted by atomic mass is 9.93. The van der Waals surface area contributed by atoms with Crippen molar-refractivity contribution < 1.29 is 18.7 Å². The molecule has 0 unspecified atom stereocenters. The molecule has 1 aromatic rings. The fraction of sp³-hybridized carbons (Fsp3) is 0.588. The Morgan fingerprint density at radius 1 is 1.43 bits per heavy atom. The zero-order valence-electron chi connectivity index (χ0n) is 13.3. The largest absolute Gasteiger partial charge is 0.376 e. The van der Waals surface area contributed by atoms with Gasteiger partial charge in [0.1, 0.15) is 12.4 Å². The number of amides is 1. The smallest absolute Gasteiger partial charge is 0.245 e. The summed E-state index contributed by atoms with van der Waals surface area (Å²) in [4.78, 5) is 13.7. The lowest BCUT2D eigenvalue weighted by molar-refractivity contribution is -0.124. The highest BCUT2D eigenvalue weighted by Crippen LogP contribution is 2.34. The van der Waals surface area contributed by atoms with Gasteiger partial charge in [-0.2, -0.15) is 0 Å². The monoisotopic (exact) mass is 322 g/mol. The van der Waals surface area contributed by atoms with Crippen LogP contribution in [0.2, 0.25) is 0 Å². The number of carbonyl (C=O) groups is 1. The zero-order valence-corrected chi connectivity index (χ0v) is 13.3. The third-order valence-electron chi connectivity index (χ3n) is 4.70. The van der Waals surface area contributed by atoms with Crippen LogP contribution in [0.25, 0.3) is 0 Å². The van der Waals surface area contributed by atoms with E-state index in [9.17, 15) is 9.18 Å². The summed E-state index contributed by atoms with van der Waals surface area (Å²) in [7, 11) is 1.51. The molecule has 23 heavy (non-hydrogen) atoms. The van der Waals surface area contributed by atoms with Crippen LogP contribution in [-0.4, -0.2) is 56.9 Å². The van der Waals surface area contributed by atoms with Crippen LogP contribution in [0.5, 0.6) is 0 Å². The van der Waals surface area contributed by atoms with E-state index >= 15 is 0 Å². The summed E-state index contributed by atoms with van der Waals surface area (Å²) in [5, 5.41) is 2.89. The van der Waals surface area contributed by atoms with Gasteiger partial charge in [-0.05, 0) is 6.07 Å². The maximum Gasteiger partial charge on any atom is 0.245 e. The number of ether oxygens (including phenoxy) is 2. The lowest BCUT2D eigenvalue weighted by Gasteiger charge is -2.20. The van der Waals surface area contributed by atoms with Crippen molar-refractivity contribution in [3.63, 3.8) is 0 Å². The predicted octanol–water partition coefficient (Wildman–Crippen LogP) is 1.04. The van der Waals surface area contributed by atoms with Gasteiger partial charge in [-0.3, -0.25) is 9.69 Å². The Labute approximate surface area is 135 Å².